The normalized spacial score (nSPS) is 28.0. The first kappa shape index (κ1) is 30.3. The number of aliphatic hydroxyl groups excluding tert-OH is 1. The lowest BCUT2D eigenvalue weighted by molar-refractivity contribution is -0.0592. The van der Waals surface area contributed by atoms with Crippen molar-refractivity contribution in [2.24, 2.45) is 5.92 Å². The summed E-state index contributed by atoms with van der Waals surface area (Å²) in [6, 6.07) is 4.86. The zero-order valence-corrected chi connectivity index (χ0v) is 24.7. The summed E-state index contributed by atoms with van der Waals surface area (Å²) in [5.41, 5.74) is -1.18. The highest BCUT2D eigenvalue weighted by molar-refractivity contribution is 5.96. The van der Waals surface area contributed by atoms with Crippen LogP contribution in [0.3, 0.4) is 0 Å². The van der Waals surface area contributed by atoms with Crippen LogP contribution in [0.25, 0.3) is 0 Å². The summed E-state index contributed by atoms with van der Waals surface area (Å²) in [5, 5.41) is 27.1. The average molecular weight is 611 g/mol. The Labute approximate surface area is 254 Å². The summed E-state index contributed by atoms with van der Waals surface area (Å²) in [6.07, 6.45) is 2.45. The Hall–Kier alpha value is -3.73. The number of urea groups is 1. The Kier molecular flexibility index (Phi) is 8.02. The van der Waals surface area contributed by atoms with E-state index in [2.05, 4.69) is 38.1 Å². The molecule has 2 atom stereocenters. The number of amides is 2. The largest absolute Gasteiger partial charge is 0.377 e. The topological polar surface area (TPSA) is 121 Å². The molecule has 0 radical (unpaired) electrons. The van der Waals surface area contributed by atoms with Crippen molar-refractivity contribution in [2.45, 2.75) is 69.3 Å². The molecule has 0 spiro atoms. The predicted molar refractivity (Wildman–Crippen MR) is 157 cm³/mol. The van der Waals surface area contributed by atoms with Gasteiger partial charge in [-0.05, 0) is 51.6 Å². The molecule has 2 aromatic rings. The maximum atomic E-state index is 15.9. The number of carbonyl (C=O) groups is 1. The van der Waals surface area contributed by atoms with Crippen LogP contribution in [0, 0.1) is 30.0 Å². The fourth-order valence-corrected chi connectivity index (χ4v) is 6.50. The van der Waals surface area contributed by atoms with Gasteiger partial charge in [-0.3, -0.25) is 10.2 Å². The second-order valence-corrected chi connectivity index (χ2v) is 12.3. The van der Waals surface area contributed by atoms with Gasteiger partial charge in [-0.15, -0.1) is 6.58 Å². The van der Waals surface area contributed by atoms with Gasteiger partial charge in [0.25, 0.3) is 5.92 Å². The molecule has 234 valence electrons. The number of anilines is 2. The number of nitrogens with zero attached hydrogens (tertiary/aromatic N) is 6. The SMILES string of the molecule is C=C[C@H]1Nc2nc(C)nc3c2CN(C2(C#N)CC2)C(=O)N3CC(O)NCCCCN2CC(C2)CC(F)(F)c2cccc1c2F. The molecule has 1 aliphatic carbocycles. The van der Waals surface area contributed by atoms with E-state index in [1.165, 1.54) is 28.0 Å². The highest BCUT2D eigenvalue weighted by Gasteiger charge is 2.54. The number of alkyl halides is 2. The summed E-state index contributed by atoms with van der Waals surface area (Å²) in [7, 11) is 0. The first-order valence-electron chi connectivity index (χ1n) is 15.1. The molecule has 4 aliphatic heterocycles. The Morgan fingerprint density at radius 1 is 1.20 bits per heavy atom. The molecule has 5 aliphatic rings. The second-order valence-electron chi connectivity index (χ2n) is 12.3. The van der Waals surface area contributed by atoms with Crippen LogP contribution in [-0.4, -0.2) is 75.4 Å². The van der Waals surface area contributed by atoms with Gasteiger partial charge in [-0.25, -0.2) is 27.9 Å². The maximum Gasteiger partial charge on any atom is 0.327 e. The van der Waals surface area contributed by atoms with Gasteiger partial charge in [-0.1, -0.05) is 24.3 Å². The molecular formula is C31H37F3N8O2. The van der Waals surface area contributed by atoms with Gasteiger partial charge >= 0.3 is 6.03 Å². The molecule has 13 heteroatoms. The van der Waals surface area contributed by atoms with E-state index in [0.717, 1.165) is 25.5 Å². The number of hydrogen-bond acceptors (Lipinski definition) is 8. The maximum absolute atomic E-state index is 15.9. The van der Waals surface area contributed by atoms with Crippen molar-refractivity contribution >= 4 is 17.7 Å². The second kappa shape index (κ2) is 11.6. The Morgan fingerprint density at radius 3 is 2.68 bits per heavy atom. The lowest BCUT2D eigenvalue weighted by atomic mass is 9.88. The van der Waals surface area contributed by atoms with E-state index in [0.29, 0.717) is 43.9 Å². The summed E-state index contributed by atoms with van der Waals surface area (Å²) >= 11 is 0. The molecule has 1 saturated heterocycles. The van der Waals surface area contributed by atoms with Gasteiger partial charge in [0.1, 0.15) is 35.0 Å². The molecule has 1 aromatic carbocycles. The van der Waals surface area contributed by atoms with Crippen LogP contribution in [0.2, 0.25) is 0 Å². The highest BCUT2D eigenvalue weighted by Crippen LogP contribution is 2.46. The molecule has 1 unspecified atom stereocenters. The molecule has 2 fully saturated rings. The van der Waals surface area contributed by atoms with Crippen LogP contribution < -0.4 is 15.5 Å². The van der Waals surface area contributed by atoms with Crippen LogP contribution in [0.5, 0.6) is 0 Å². The molecule has 3 N–H and O–H groups in total. The first-order valence-corrected chi connectivity index (χ1v) is 15.1. The zero-order chi connectivity index (χ0) is 31.2. The molecule has 7 rings (SSSR count). The van der Waals surface area contributed by atoms with Crippen molar-refractivity contribution in [1.82, 2.24) is 25.1 Å². The fourth-order valence-electron chi connectivity index (χ4n) is 6.50. The molecule has 1 aromatic heterocycles. The number of fused-ring (bicyclic) bond motifs is 8. The fraction of sp³-hybridized carbons (Fsp3) is 0.548. The van der Waals surface area contributed by atoms with Crippen molar-refractivity contribution in [1.29, 1.82) is 5.26 Å². The minimum Gasteiger partial charge on any atom is -0.377 e. The molecule has 10 nitrogen and oxygen atoms in total. The molecular weight excluding hydrogens is 573 g/mol. The number of benzene rings is 1. The Bertz CT molecular complexity index is 1490. The van der Waals surface area contributed by atoms with Gasteiger partial charge < -0.3 is 20.2 Å². The van der Waals surface area contributed by atoms with Crippen LogP contribution in [0.1, 0.15) is 60.7 Å². The number of halogens is 3. The minimum absolute atomic E-state index is 0.00665. The molecule has 5 heterocycles. The first-order chi connectivity index (χ1) is 21.0. The quantitative estimate of drug-likeness (QED) is 0.434. The molecule has 44 heavy (non-hydrogen) atoms. The van der Waals surface area contributed by atoms with E-state index in [4.69, 9.17) is 0 Å². The standard InChI is InChI=1S/C31H37F3N8O2/c1-3-24-21-7-6-8-23(26(21)32)31(33,34)13-20-14-40(15-20)12-5-4-11-36-25(43)17-41-28-22(27(39-24)37-19(2)38-28)16-42(29(41)44)30(18-35)9-10-30/h3,6-8,20,24-25,36,43H,1,4-5,9-17H2,2H3,(H,37,38,39)/t24-,25?/m1/s1. The van der Waals surface area contributed by atoms with Crippen molar-refractivity contribution in [3.63, 3.8) is 0 Å². The third kappa shape index (κ3) is 5.62. The van der Waals surface area contributed by atoms with Gasteiger partial charge in [-0.2, -0.15) is 5.26 Å². The number of nitrogens with one attached hydrogen (secondary N) is 2. The summed E-state index contributed by atoms with van der Waals surface area (Å²) in [5.74, 6) is -3.78. The lowest BCUT2D eigenvalue weighted by Crippen LogP contribution is -2.56. The van der Waals surface area contributed by atoms with Gasteiger partial charge in [0.2, 0.25) is 0 Å². The van der Waals surface area contributed by atoms with Crippen LogP contribution in [0.4, 0.5) is 29.6 Å². The van der Waals surface area contributed by atoms with E-state index < -0.39 is 47.6 Å². The third-order valence-corrected chi connectivity index (χ3v) is 9.08. The number of rotatable bonds is 2. The van der Waals surface area contributed by atoms with Crippen molar-refractivity contribution < 1.29 is 23.1 Å². The van der Waals surface area contributed by atoms with E-state index >= 15 is 13.2 Å². The van der Waals surface area contributed by atoms with E-state index in [1.54, 1.807) is 6.92 Å². The van der Waals surface area contributed by atoms with E-state index in [1.807, 2.05) is 0 Å². The summed E-state index contributed by atoms with van der Waals surface area (Å²) in [4.78, 5) is 27.8. The number of aryl methyl sites for hydroxylation is 1. The van der Waals surface area contributed by atoms with Crippen molar-refractivity contribution in [3.05, 3.63) is 59.2 Å². The predicted octanol–water partition coefficient (Wildman–Crippen LogP) is 4.18. The van der Waals surface area contributed by atoms with E-state index in [-0.39, 0.29) is 36.2 Å². The van der Waals surface area contributed by atoms with E-state index in [9.17, 15) is 15.2 Å². The summed E-state index contributed by atoms with van der Waals surface area (Å²) < 4.78 is 47.0. The third-order valence-electron chi connectivity index (χ3n) is 9.08. The Balaban J connectivity index is 1.41. The Morgan fingerprint density at radius 2 is 1.98 bits per heavy atom. The number of aromatic nitrogens is 2. The van der Waals surface area contributed by atoms with Crippen LogP contribution in [0.15, 0.2) is 30.9 Å². The lowest BCUT2D eigenvalue weighted by Gasteiger charge is -2.41. The van der Waals surface area contributed by atoms with Crippen molar-refractivity contribution in [2.75, 3.05) is 42.9 Å². The van der Waals surface area contributed by atoms with Gasteiger partial charge in [0, 0.05) is 25.1 Å². The van der Waals surface area contributed by atoms with Crippen LogP contribution in [-0.2, 0) is 12.5 Å². The average Bonchev–Trinajstić information content (AvgIpc) is 3.76. The zero-order valence-electron chi connectivity index (χ0n) is 24.7. The summed E-state index contributed by atoms with van der Waals surface area (Å²) in [6.45, 7) is 7.63. The molecule has 8 bridgehead atoms. The number of aliphatic hydroxyl groups is 1. The highest BCUT2D eigenvalue weighted by atomic mass is 19.3. The van der Waals surface area contributed by atoms with Gasteiger partial charge in [0.05, 0.1) is 36.3 Å². The molecule has 2 amide bonds. The minimum atomic E-state index is -3.36. The van der Waals surface area contributed by atoms with Gasteiger partial charge in [0.15, 0.2) is 0 Å². The molecule has 1 saturated carbocycles. The number of hydrogen-bond donors (Lipinski definition) is 3. The number of nitriles is 1. The monoisotopic (exact) mass is 610 g/mol. The van der Waals surface area contributed by atoms with Crippen LogP contribution >= 0.6 is 0 Å². The smallest absolute Gasteiger partial charge is 0.327 e. The van der Waals surface area contributed by atoms with Crippen molar-refractivity contribution in [3.8, 4) is 6.07 Å². The number of carbonyl (C=O) groups excluding carboxylic acids is 1.